The number of ether oxygens (including phenoxy) is 1. The fourth-order valence-electron chi connectivity index (χ4n) is 2.79. The summed E-state index contributed by atoms with van der Waals surface area (Å²) in [6, 6.07) is 14.5. The van der Waals surface area contributed by atoms with Crippen molar-refractivity contribution in [2.24, 2.45) is 0 Å². The Hall–Kier alpha value is -3.06. The highest BCUT2D eigenvalue weighted by Gasteiger charge is 2.17. The summed E-state index contributed by atoms with van der Waals surface area (Å²) in [4.78, 5) is 4.47. The van der Waals surface area contributed by atoms with E-state index in [2.05, 4.69) is 15.0 Å². The van der Waals surface area contributed by atoms with Gasteiger partial charge in [0.1, 0.15) is 11.6 Å². The van der Waals surface area contributed by atoms with Gasteiger partial charge in [0.05, 0.1) is 29.6 Å². The van der Waals surface area contributed by atoms with Gasteiger partial charge >= 0.3 is 0 Å². The number of sulfonamides is 1. The van der Waals surface area contributed by atoms with E-state index in [0.717, 1.165) is 22.5 Å². The molecule has 0 aliphatic carbocycles. The molecular weight excluding hydrogens is 374 g/mol. The maximum atomic E-state index is 12.7. The van der Waals surface area contributed by atoms with Gasteiger partial charge in [0.2, 0.25) is 0 Å². The Morgan fingerprint density at radius 2 is 1.64 bits per heavy atom. The molecule has 146 valence electrons. The molecule has 28 heavy (non-hydrogen) atoms. The molecule has 3 rings (SSSR count). The van der Waals surface area contributed by atoms with Crippen LogP contribution in [0.2, 0.25) is 0 Å². The molecule has 1 heterocycles. The molecule has 0 saturated heterocycles. The molecule has 2 aromatic carbocycles. The van der Waals surface area contributed by atoms with Crippen molar-refractivity contribution in [3.05, 3.63) is 71.4 Å². The van der Waals surface area contributed by atoms with E-state index < -0.39 is 10.0 Å². The van der Waals surface area contributed by atoms with Gasteiger partial charge in [0.25, 0.3) is 10.0 Å². The van der Waals surface area contributed by atoms with Crippen molar-refractivity contribution in [1.82, 2.24) is 4.98 Å². The van der Waals surface area contributed by atoms with Crippen LogP contribution in [0.15, 0.2) is 59.6 Å². The Morgan fingerprint density at radius 3 is 2.32 bits per heavy atom. The van der Waals surface area contributed by atoms with Crippen LogP contribution < -0.4 is 14.8 Å². The first-order chi connectivity index (χ1) is 13.3. The van der Waals surface area contributed by atoms with Crippen LogP contribution in [-0.4, -0.2) is 20.5 Å². The molecule has 0 atom stereocenters. The Kier molecular flexibility index (Phi) is 5.56. The number of benzene rings is 2. The van der Waals surface area contributed by atoms with Gasteiger partial charge in [-0.15, -0.1) is 0 Å². The first kappa shape index (κ1) is 19.7. The largest absolute Gasteiger partial charge is 0.495 e. The van der Waals surface area contributed by atoms with E-state index in [1.807, 2.05) is 38.1 Å². The highest BCUT2D eigenvalue weighted by molar-refractivity contribution is 7.92. The fraction of sp³-hybridized carbons (Fsp3) is 0.190. The molecule has 3 aromatic rings. The molecule has 2 N–H and O–H groups in total. The number of aromatic nitrogens is 1. The lowest BCUT2D eigenvalue weighted by Crippen LogP contribution is -2.15. The summed E-state index contributed by atoms with van der Waals surface area (Å²) in [6.07, 6.45) is 1.57. The first-order valence-corrected chi connectivity index (χ1v) is 10.2. The van der Waals surface area contributed by atoms with E-state index in [0.29, 0.717) is 11.3 Å². The van der Waals surface area contributed by atoms with E-state index in [1.54, 1.807) is 44.5 Å². The molecule has 7 heteroatoms. The third kappa shape index (κ3) is 4.43. The number of nitrogens with one attached hydrogen (secondary N) is 2. The predicted molar refractivity (Wildman–Crippen MR) is 112 cm³/mol. The molecule has 0 unspecified atom stereocenters. The number of methoxy groups -OCH3 is 1. The van der Waals surface area contributed by atoms with Gasteiger partial charge in [-0.05, 0) is 67.8 Å². The lowest BCUT2D eigenvalue weighted by Gasteiger charge is -2.13. The van der Waals surface area contributed by atoms with Gasteiger partial charge in [0, 0.05) is 0 Å². The van der Waals surface area contributed by atoms with Crippen LogP contribution in [0.3, 0.4) is 0 Å². The summed E-state index contributed by atoms with van der Waals surface area (Å²) in [6.45, 7) is 5.62. The standard InChI is InChI=1S/C21H23N3O3S/c1-14-6-9-19(27-4)18(11-14)23-17-8-10-21(22-13-17)24-28(25,26)20-12-15(2)5-7-16(20)3/h5-13,23H,1-4H3,(H,22,24). The van der Waals surface area contributed by atoms with Crippen molar-refractivity contribution >= 4 is 27.2 Å². The minimum absolute atomic E-state index is 0.251. The van der Waals surface area contributed by atoms with Gasteiger partial charge in [-0.1, -0.05) is 18.2 Å². The van der Waals surface area contributed by atoms with Crippen molar-refractivity contribution in [3.8, 4) is 5.75 Å². The molecule has 0 amide bonds. The van der Waals surface area contributed by atoms with Crippen LogP contribution >= 0.6 is 0 Å². The van der Waals surface area contributed by atoms with Crippen LogP contribution in [0, 0.1) is 20.8 Å². The van der Waals surface area contributed by atoms with Gasteiger partial charge in [-0.25, -0.2) is 13.4 Å². The summed E-state index contributed by atoms with van der Waals surface area (Å²) < 4.78 is 33.3. The molecule has 0 saturated carbocycles. The Bertz CT molecular complexity index is 1090. The molecule has 6 nitrogen and oxygen atoms in total. The van der Waals surface area contributed by atoms with Crippen LogP contribution in [0.25, 0.3) is 0 Å². The lowest BCUT2D eigenvalue weighted by molar-refractivity contribution is 0.416. The molecule has 1 aromatic heterocycles. The molecule has 0 spiro atoms. The fourth-order valence-corrected chi connectivity index (χ4v) is 4.13. The topological polar surface area (TPSA) is 80.3 Å². The minimum Gasteiger partial charge on any atom is -0.495 e. The first-order valence-electron chi connectivity index (χ1n) is 8.76. The third-order valence-corrected chi connectivity index (χ3v) is 5.77. The maximum Gasteiger partial charge on any atom is 0.263 e. The number of hydrogen-bond donors (Lipinski definition) is 2. The number of aryl methyl sites for hydroxylation is 3. The summed E-state index contributed by atoms with van der Waals surface area (Å²) in [5, 5.41) is 3.24. The average Bonchev–Trinajstić information content (AvgIpc) is 2.65. The van der Waals surface area contributed by atoms with E-state index in [9.17, 15) is 8.42 Å². The van der Waals surface area contributed by atoms with Gasteiger partial charge in [0.15, 0.2) is 0 Å². The zero-order valence-electron chi connectivity index (χ0n) is 16.3. The number of pyridine rings is 1. The average molecular weight is 398 g/mol. The van der Waals surface area contributed by atoms with Crippen molar-refractivity contribution in [3.63, 3.8) is 0 Å². The maximum absolute atomic E-state index is 12.7. The molecule has 0 bridgehead atoms. The Labute approximate surface area is 165 Å². The lowest BCUT2D eigenvalue weighted by atomic mass is 10.2. The van der Waals surface area contributed by atoms with Gasteiger partial charge in [-0.3, -0.25) is 4.72 Å². The number of nitrogens with zero attached hydrogens (tertiary/aromatic N) is 1. The van der Waals surface area contributed by atoms with E-state index in [4.69, 9.17) is 4.74 Å². The zero-order chi connectivity index (χ0) is 20.3. The van der Waals surface area contributed by atoms with Gasteiger partial charge < -0.3 is 10.1 Å². The molecule has 0 radical (unpaired) electrons. The Morgan fingerprint density at radius 1 is 0.929 bits per heavy atom. The highest BCUT2D eigenvalue weighted by atomic mass is 32.2. The summed E-state index contributed by atoms with van der Waals surface area (Å²) in [5.41, 5.74) is 4.19. The second-order valence-electron chi connectivity index (χ2n) is 6.64. The predicted octanol–water partition coefficient (Wildman–Crippen LogP) is 4.56. The number of anilines is 3. The van der Waals surface area contributed by atoms with E-state index >= 15 is 0 Å². The second kappa shape index (κ2) is 7.90. The van der Waals surface area contributed by atoms with Crippen molar-refractivity contribution < 1.29 is 13.2 Å². The van der Waals surface area contributed by atoms with Crippen LogP contribution in [0.1, 0.15) is 16.7 Å². The molecular formula is C21H23N3O3S. The smallest absolute Gasteiger partial charge is 0.263 e. The van der Waals surface area contributed by atoms with Crippen molar-refractivity contribution in [2.45, 2.75) is 25.7 Å². The third-order valence-electron chi connectivity index (χ3n) is 4.27. The van der Waals surface area contributed by atoms with Gasteiger partial charge in [-0.2, -0.15) is 0 Å². The molecule has 0 aliphatic heterocycles. The number of hydrogen-bond acceptors (Lipinski definition) is 5. The van der Waals surface area contributed by atoms with Crippen molar-refractivity contribution in [2.75, 3.05) is 17.1 Å². The van der Waals surface area contributed by atoms with Crippen LogP contribution in [0.4, 0.5) is 17.2 Å². The minimum atomic E-state index is -3.71. The van der Waals surface area contributed by atoms with Crippen LogP contribution in [-0.2, 0) is 10.0 Å². The molecule has 0 aliphatic rings. The summed E-state index contributed by atoms with van der Waals surface area (Å²) >= 11 is 0. The van der Waals surface area contributed by atoms with Crippen LogP contribution in [0.5, 0.6) is 5.75 Å². The monoisotopic (exact) mass is 397 g/mol. The SMILES string of the molecule is COc1ccc(C)cc1Nc1ccc(NS(=O)(=O)c2cc(C)ccc2C)nc1. The normalized spacial score (nSPS) is 11.1. The van der Waals surface area contributed by atoms with E-state index in [-0.39, 0.29) is 10.7 Å². The molecule has 0 fully saturated rings. The van der Waals surface area contributed by atoms with E-state index in [1.165, 1.54) is 0 Å². The highest BCUT2D eigenvalue weighted by Crippen LogP contribution is 2.29. The van der Waals surface area contributed by atoms with Crippen molar-refractivity contribution in [1.29, 1.82) is 0 Å². The zero-order valence-corrected chi connectivity index (χ0v) is 17.1. The Balaban J connectivity index is 1.80. The second-order valence-corrected chi connectivity index (χ2v) is 8.29. The number of rotatable bonds is 6. The summed E-state index contributed by atoms with van der Waals surface area (Å²) in [5.74, 6) is 0.966. The quantitative estimate of drug-likeness (QED) is 0.637. The summed E-state index contributed by atoms with van der Waals surface area (Å²) in [7, 11) is -2.10.